The quantitative estimate of drug-likeness (QED) is 0.282. The maximum atomic E-state index is 13.9. The molecule has 0 spiro atoms. The Bertz CT molecular complexity index is 1250. The molecule has 1 amide bonds. The molecule has 3 nitrogen and oxygen atoms in total. The molecule has 9 heteroatoms. The fraction of sp³-hybridized carbons (Fsp3) is 0.414. The van der Waals surface area contributed by atoms with Crippen LogP contribution in [0.2, 0.25) is 0 Å². The Morgan fingerprint density at radius 1 is 1.11 bits per heavy atom. The summed E-state index contributed by atoms with van der Waals surface area (Å²) in [6.45, 7) is 10.3. The molecule has 2 heterocycles. The highest BCUT2D eigenvalue weighted by atomic mass is 19.4. The minimum Gasteiger partial charge on any atom is -0.448 e. The molecule has 2 aromatic carbocycles. The standard InChI is InChI=1S/C29H29F6NO2/c1-5-27(15-19(4)28(30,31)32)16-38-26(37)36-24(27)13-10-18(3)25(36)23-14-20(29(33,34)35)11-12-22(23)21-9-7-6-8-17(21)2/h5-9,11-12,14,18,24-25H,1,4,10,13,15-16H2,2-3H3. The van der Waals surface area contributed by atoms with Crippen LogP contribution >= 0.6 is 0 Å². The van der Waals surface area contributed by atoms with E-state index in [0.29, 0.717) is 24.0 Å². The molecule has 2 fully saturated rings. The first-order chi connectivity index (χ1) is 17.7. The van der Waals surface area contributed by atoms with Gasteiger partial charge in [-0.25, -0.2) is 4.79 Å². The van der Waals surface area contributed by atoms with Gasteiger partial charge in [0.15, 0.2) is 0 Å². The molecule has 2 saturated heterocycles. The number of rotatable bonds is 5. The molecule has 0 N–H and O–H groups in total. The summed E-state index contributed by atoms with van der Waals surface area (Å²) in [4.78, 5) is 14.6. The lowest BCUT2D eigenvalue weighted by molar-refractivity contribution is -0.137. The van der Waals surface area contributed by atoms with Crippen molar-refractivity contribution in [2.45, 2.75) is 57.5 Å². The van der Waals surface area contributed by atoms with E-state index in [0.717, 1.165) is 17.7 Å². The number of carbonyl (C=O) groups excluding carboxylic acids is 1. The molecule has 4 unspecified atom stereocenters. The van der Waals surface area contributed by atoms with E-state index in [1.54, 1.807) is 12.1 Å². The summed E-state index contributed by atoms with van der Waals surface area (Å²) >= 11 is 0. The van der Waals surface area contributed by atoms with E-state index in [2.05, 4.69) is 13.2 Å². The molecule has 0 aliphatic carbocycles. The number of piperidine rings is 1. The summed E-state index contributed by atoms with van der Waals surface area (Å²) in [5.41, 5.74) is -0.819. The normalized spacial score (nSPS) is 25.9. The molecule has 0 radical (unpaired) electrons. The number of ether oxygens (including phenoxy) is 1. The summed E-state index contributed by atoms with van der Waals surface area (Å²) < 4.78 is 87.4. The monoisotopic (exact) mass is 537 g/mol. The first-order valence-corrected chi connectivity index (χ1v) is 12.3. The Kier molecular flexibility index (Phi) is 7.18. The van der Waals surface area contributed by atoms with Gasteiger partial charge in [0.1, 0.15) is 6.61 Å². The third kappa shape index (κ3) is 4.95. The van der Waals surface area contributed by atoms with E-state index >= 15 is 0 Å². The number of aryl methyl sites for hydroxylation is 1. The molecule has 2 aliphatic rings. The summed E-state index contributed by atoms with van der Waals surface area (Å²) in [6.07, 6.45) is -8.39. The summed E-state index contributed by atoms with van der Waals surface area (Å²) in [5.74, 6) is -0.295. The van der Waals surface area contributed by atoms with Crippen LogP contribution < -0.4 is 0 Å². The maximum Gasteiger partial charge on any atom is 0.416 e. The number of halogens is 6. The number of cyclic esters (lactones) is 1. The van der Waals surface area contributed by atoms with Crippen molar-refractivity contribution in [1.29, 1.82) is 0 Å². The highest BCUT2D eigenvalue weighted by molar-refractivity contribution is 5.75. The van der Waals surface area contributed by atoms with Gasteiger partial charge < -0.3 is 4.74 Å². The van der Waals surface area contributed by atoms with Crippen LogP contribution in [0.1, 0.15) is 48.9 Å². The van der Waals surface area contributed by atoms with Crippen molar-refractivity contribution >= 4 is 6.09 Å². The summed E-state index contributed by atoms with van der Waals surface area (Å²) in [6, 6.07) is 9.06. The van der Waals surface area contributed by atoms with Crippen LogP contribution in [-0.2, 0) is 10.9 Å². The lowest BCUT2D eigenvalue weighted by atomic mass is 9.68. The van der Waals surface area contributed by atoms with E-state index in [1.807, 2.05) is 26.0 Å². The number of nitrogens with zero attached hydrogens (tertiary/aromatic N) is 1. The largest absolute Gasteiger partial charge is 0.448 e. The van der Waals surface area contributed by atoms with Gasteiger partial charge in [-0.15, -0.1) is 6.58 Å². The second-order valence-electron chi connectivity index (χ2n) is 10.3. The average molecular weight is 538 g/mol. The maximum absolute atomic E-state index is 13.9. The molecular weight excluding hydrogens is 508 g/mol. The minimum absolute atomic E-state index is 0.276. The van der Waals surface area contributed by atoms with Crippen LogP contribution in [0.15, 0.2) is 67.3 Å². The molecule has 4 atom stereocenters. The SMILES string of the molecule is C=CC1(CC(=C)C(F)(F)F)COC(=O)N2C(c3cc(C(F)(F)F)ccc3-c3ccccc3C)C(C)CCC21. The Morgan fingerprint density at radius 3 is 2.39 bits per heavy atom. The lowest BCUT2D eigenvalue weighted by Crippen LogP contribution is -2.61. The summed E-state index contributed by atoms with van der Waals surface area (Å²) in [5, 5.41) is 0. The molecule has 204 valence electrons. The van der Waals surface area contributed by atoms with Crippen LogP contribution in [0.3, 0.4) is 0 Å². The van der Waals surface area contributed by atoms with E-state index in [1.165, 1.54) is 17.0 Å². The van der Waals surface area contributed by atoms with Crippen LogP contribution in [-0.4, -0.2) is 29.8 Å². The number of carbonyl (C=O) groups is 1. The Morgan fingerprint density at radius 2 is 1.79 bits per heavy atom. The number of hydrogen-bond acceptors (Lipinski definition) is 2. The van der Waals surface area contributed by atoms with Crippen molar-refractivity contribution in [2.24, 2.45) is 11.3 Å². The number of benzene rings is 2. The van der Waals surface area contributed by atoms with Gasteiger partial charge in [0, 0.05) is 17.0 Å². The van der Waals surface area contributed by atoms with Crippen LogP contribution in [0.5, 0.6) is 0 Å². The zero-order valence-electron chi connectivity index (χ0n) is 21.1. The lowest BCUT2D eigenvalue weighted by Gasteiger charge is -2.55. The van der Waals surface area contributed by atoms with Crippen molar-refractivity contribution in [1.82, 2.24) is 4.90 Å². The van der Waals surface area contributed by atoms with Crippen molar-refractivity contribution < 1.29 is 35.9 Å². The first-order valence-electron chi connectivity index (χ1n) is 12.3. The topological polar surface area (TPSA) is 29.5 Å². The molecule has 0 saturated carbocycles. The zero-order chi connectivity index (χ0) is 28.0. The Hall–Kier alpha value is -3.23. The van der Waals surface area contributed by atoms with Crippen molar-refractivity contribution in [3.05, 3.63) is 84.0 Å². The van der Waals surface area contributed by atoms with E-state index in [-0.39, 0.29) is 18.1 Å². The molecular formula is C29H29F6NO2. The minimum atomic E-state index is -4.65. The second kappa shape index (κ2) is 9.82. The van der Waals surface area contributed by atoms with Crippen molar-refractivity contribution in [3.8, 4) is 11.1 Å². The number of amides is 1. The Balaban J connectivity index is 1.90. The fourth-order valence-corrected chi connectivity index (χ4v) is 5.85. The number of hydrogen-bond donors (Lipinski definition) is 0. The van der Waals surface area contributed by atoms with Gasteiger partial charge in [0.25, 0.3) is 0 Å². The van der Waals surface area contributed by atoms with E-state index in [9.17, 15) is 31.1 Å². The molecule has 2 aliphatic heterocycles. The van der Waals surface area contributed by atoms with Gasteiger partial charge in [0.2, 0.25) is 0 Å². The van der Waals surface area contributed by atoms with E-state index < -0.39 is 53.5 Å². The predicted molar refractivity (Wildman–Crippen MR) is 132 cm³/mol. The first kappa shape index (κ1) is 27.8. The second-order valence-corrected chi connectivity index (χ2v) is 10.3. The van der Waals surface area contributed by atoms with Crippen molar-refractivity contribution in [2.75, 3.05) is 6.61 Å². The molecule has 38 heavy (non-hydrogen) atoms. The molecule has 2 aromatic rings. The van der Waals surface area contributed by atoms with Crippen LogP contribution in [0, 0.1) is 18.3 Å². The zero-order valence-corrected chi connectivity index (χ0v) is 21.1. The van der Waals surface area contributed by atoms with Gasteiger partial charge in [-0.1, -0.05) is 49.9 Å². The predicted octanol–water partition coefficient (Wildman–Crippen LogP) is 8.65. The van der Waals surface area contributed by atoms with Gasteiger partial charge in [-0.3, -0.25) is 4.90 Å². The van der Waals surface area contributed by atoms with E-state index in [4.69, 9.17) is 4.74 Å². The number of allylic oxidation sites excluding steroid dienone is 1. The number of alkyl halides is 6. The molecule has 0 aromatic heterocycles. The fourth-order valence-electron chi connectivity index (χ4n) is 5.85. The van der Waals surface area contributed by atoms with Gasteiger partial charge >= 0.3 is 18.4 Å². The van der Waals surface area contributed by atoms with Gasteiger partial charge in [0.05, 0.1) is 11.6 Å². The van der Waals surface area contributed by atoms with Crippen molar-refractivity contribution in [3.63, 3.8) is 0 Å². The van der Waals surface area contributed by atoms with Crippen LogP contribution in [0.4, 0.5) is 31.1 Å². The highest BCUT2D eigenvalue weighted by Gasteiger charge is 2.54. The average Bonchev–Trinajstić information content (AvgIpc) is 2.84. The number of fused-ring (bicyclic) bond motifs is 1. The molecule has 0 bridgehead atoms. The van der Waals surface area contributed by atoms with Crippen LogP contribution in [0.25, 0.3) is 11.1 Å². The Labute approximate surface area is 217 Å². The summed E-state index contributed by atoms with van der Waals surface area (Å²) in [7, 11) is 0. The van der Waals surface area contributed by atoms with Gasteiger partial charge in [-0.2, -0.15) is 26.3 Å². The highest BCUT2D eigenvalue weighted by Crippen LogP contribution is 2.52. The third-order valence-electron chi connectivity index (χ3n) is 7.89. The van der Waals surface area contributed by atoms with Gasteiger partial charge in [-0.05, 0) is 66.5 Å². The molecule has 4 rings (SSSR count). The third-order valence-corrected chi connectivity index (χ3v) is 7.89. The smallest absolute Gasteiger partial charge is 0.416 e.